The summed E-state index contributed by atoms with van der Waals surface area (Å²) in [6.07, 6.45) is 0. The van der Waals surface area contributed by atoms with Crippen molar-refractivity contribution in [2.24, 2.45) is 5.92 Å². The van der Waals surface area contributed by atoms with E-state index < -0.39 is 4.92 Å². The topological polar surface area (TPSA) is 81.5 Å². The van der Waals surface area contributed by atoms with Gasteiger partial charge in [0.25, 0.3) is 5.91 Å². The molecule has 1 rings (SSSR count). The molecule has 0 aliphatic carbocycles. The number of nitrogens with one attached hydrogen (secondary N) is 1. The van der Waals surface area contributed by atoms with Crippen LogP contribution in [-0.2, 0) is 0 Å². The molecule has 1 aromatic carbocycles. The second kappa shape index (κ2) is 7.41. The van der Waals surface area contributed by atoms with Crippen LogP contribution < -0.4 is 10.1 Å². The zero-order valence-corrected chi connectivity index (χ0v) is 13.7. The van der Waals surface area contributed by atoms with Crippen LogP contribution in [0.15, 0.2) is 18.2 Å². The molecule has 0 radical (unpaired) electrons. The maximum atomic E-state index is 12.3. The number of nitro groups is 1. The number of nitrogens with zero attached hydrogens (tertiary/aromatic N) is 1. The first kappa shape index (κ1) is 16.7. The standard InChI is InChI=1S/C13H17IN2O4/c1-8(2)10(7-14)15-13(17)9-5-4-6-11(16(18)19)12(9)20-3/h4-6,8,10H,7H2,1-3H3,(H,15,17). The Morgan fingerprint density at radius 3 is 2.60 bits per heavy atom. The van der Waals surface area contributed by atoms with Gasteiger partial charge in [0.2, 0.25) is 5.75 Å². The summed E-state index contributed by atoms with van der Waals surface area (Å²) in [6, 6.07) is 4.32. The number of hydrogen-bond donors (Lipinski definition) is 1. The third-order valence-electron chi connectivity index (χ3n) is 2.93. The summed E-state index contributed by atoms with van der Waals surface area (Å²) < 4.78 is 5.79. The molecule has 0 aliphatic heterocycles. The van der Waals surface area contributed by atoms with Crippen LogP contribution in [0.4, 0.5) is 5.69 Å². The number of nitro benzene ring substituents is 1. The lowest BCUT2D eigenvalue weighted by atomic mass is 10.1. The van der Waals surface area contributed by atoms with Crippen molar-refractivity contribution < 1.29 is 14.5 Å². The van der Waals surface area contributed by atoms with Gasteiger partial charge in [0.1, 0.15) is 0 Å². The Bertz CT molecular complexity index is 505. The highest BCUT2D eigenvalue weighted by atomic mass is 127. The number of carbonyl (C=O) groups excluding carboxylic acids is 1. The van der Waals surface area contributed by atoms with Gasteiger partial charge in [0, 0.05) is 16.5 Å². The van der Waals surface area contributed by atoms with E-state index in [1.54, 1.807) is 0 Å². The normalized spacial score (nSPS) is 12.1. The third-order valence-corrected chi connectivity index (χ3v) is 3.88. The minimum atomic E-state index is -0.562. The SMILES string of the molecule is COc1c(C(=O)NC(CI)C(C)C)cccc1[N+](=O)[O-]. The van der Waals surface area contributed by atoms with E-state index in [4.69, 9.17) is 4.74 Å². The number of methoxy groups -OCH3 is 1. The lowest BCUT2D eigenvalue weighted by Gasteiger charge is -2.20. The van der Waals surface area contributed by atoms with E-state index >= 15 is 0 Å². The zero-order valence-electron chi connectivity index (χ0n) is 11.6. The van der Waals surface area contributed by atoms with Gasteiger partial charge in [-0.3, -0.25) is 14.9 Å². The predicted octanol–water partition coefficient (Wildman–Crippen LogP) is 2.79. The molecule has 0 saturated heterocycles. The maximum absolute atomic E-state index is 12.3. The van der Waals surface area contributed by atoms with Gasteiger partial charge < -0.3 is 10.1 Å². The molecule has 0 fully saturated rings. The van der Waals surface area contributed by atoms with Crippen molar-refractivity contribution in [3.63, 3.8) is 0 Å². The van der Waals surface area contributed by atoms with Gasteiger partial charge in [-0.25, -0.2) is 0 Å². The summed E-state index contributed by atoms with van der Waals surface area (Å²) in [7, 11) is 1.32. The molecule has 1 amide bonds. The lowest BCUT2D eigenvalue weighted by Crippen LogP contribution is -2.39. The van der Waals surface area contributed by atoms with Crippen LogP contribution in [0.25, 0.3) is 0 Å². The van der Waals surface area contributed by atoms with Crippen molar-refractivity contribution in [3.05, 3.63) is 33.9 Å². The quantitative estimate of drug-likeness (QED) is 0.349. The minimum absolute atomic E-state index is 0.00654. The Labute approximate surface area is 131 Å². The first-order valence-electron chi connectivity index (χ1n) is 6.10. The van der Waals surface area contributed by atoms with E-state index in [1.165, 1.54) is 25.3 Å². The first-order valence-corrected chi connectivity index (χ1v) is 7.63. The lowest BCUT2D eigenvalue weighted by molar-refractivity contribution is -0.385. The Kier molecular flexibility index (Phi) is 6.18. The van der Waals surface area contributed by atoms with E-state index in [9.17, 15) is 14.9 Å². The number of rotatable bonds is 6. The average molecular weight is 392 g/mol. The van der Waals surface area contributed by atoms with Crippen LogP contribution in [0.3, 0.4) is 0 Å². The number of halogens is 1. The van der Waals surface area contributed by atoms with Crippen molar-refractivity contribution in [2.45, 2.75) is 19.9 Å². The summed E-state index contributed by atoms with van der Waals surface area (Å²) in [6.45, 7) is 4.02. The third kappa shape index (κ3) is 3.81. The van der Waals surface area contributed by atoms with Crippen LogP contribution in [-0.4, -0.2) is 28.4 Å². The fourth-order valence-corrected chi connectivity index (χ4v) is 2.93. The largest absolute Gasteiger partial charge is 0.490 e. The van der Waals surface area contributed by atoms with Crippen molar-refractivity contribution in [1.82, 2.24) is 5.32 Å². The monoisotopic (exact) mass is 392 g/mol. The Morgan fingerprint density at radius 1 is 1.50 bits per heavy atom. The smallest absolute Gasteiger partial charge is 0.311 e. The molecule has 7 heteroatoms. The molecule has 1 atom stereocenters. The molecule has 1 unspecified atom stereocenters. The summed E-state index contributed by atoms with van der Waals surface area (Å²) in [4.78, 5) is 22.6. The van der Waals surface area contributed by atoms with Gasteiger partial charge in [-0.15, -0.1) is 0 Å². The molecule has 0 heterocycles. The first-order chi connectivity index (χ1) is 9.42. The number of para-hydroxylation sites is 1. The molecule has 20 heavy (non-hydrogen) atoms. The van der Waals surface area contributed by atoms with Gasteiger partial charge in [-0.2, -0.15) is 0 Å². The highest BCUT2D eigenvalue weighted by Gasteiger charge is 2.24. The van der Waals surface area contributed by atoms with E-state index in [-0.39, 0.29) is 34.9 Å². The predicted molar refractivity (Wildman–Crippen MR) is 84.6 cm³/mol. The van der Waals surface area contributed by atoms with E-state index in [0.29, 0.717) is 0 Å². The zero-order chi connectivity index (χ0) is 15.3. The van der Waals surface area contributed by atoms with Crippen LogP contribution in [0.2, 0.25) is 0 Å². The molecule has 0 aromatic heterocycles. The van der Waals surface area contributed by atoms with Crippen LogP contribution in [0.1, 0.15) is 24.2 Å². The van der Waals surface area contributed by atoms with Crippen LogP contribution in [0, 0.1) is 16.0 Å². The van der Waals surface area contributed by atoms with Crippen LogP contribution >= 0.6 is 22.6 Å². The van der Waals surface area contributed by atoms with Gasteiger partial charge in [0.15, 0.2) is 0 Å². The Hall–Kier alpha value is -1.38. The molecule has 1 N–H and O–H groups in total. The van der Waals surface area contributed by atoms with Gasteiger partial charge in [-0.05, 0) is 12.0 Å². The fourth-order valence-electron chi connectivity index (χ4n) is 1.69. The van der Waals surface area contributed by atoms with Gasteiger partial charge >= 0.3 is 5.69 Å². The van der Waals surface area contributed by atoms with Crippen molar-refractivity contribution in [3.8, 4) is 5.75 Å². The highest BCUT2D eigenvalue weighted by Crippen LogP contribution is 2.30. The molecule has 6 nitrogen and oxygen atoms in total. The highest BCUT2D eigenvalue weighted by molar-refractivity contribution is 14.1. The second-order valence-electron chi connectivity index (χ2n) is 4.59. The summed E-state index contributed by atoms with van der Waals surface area (Å²) in [5.74, 6) is -0.0903. The summed E-state index contributed by atoms with van der Waals surface area (Å²) >= 11 is 2.20. The molecule has 110 valence electrons. The Morgan fingerprint density at radius 2 is 2.15 bits per heavy atom. The molecule has 1 aromatic rings. The summed E-state index contributed by atoms with van der Waals surface area (Å²) in [5, 5.41) is 13.8. The molecule has 0 spiro atoms. The average Bonchev–Trinajstić information content (AvgIpc) is 2.42. The van der Waals surface area contributed by atoms with Gasteiger partial charge in [0.05, 0.1) is 17.6 Å². The maximum Gasteiger partial charge on any atom is 0.311 e. The van der Waals surface area contributed by atoms with Crippen molar-refractivity contribution in [2.75, 3.05) is 11.5 Å². The number of carbonyl (C=O) groups is 1. The van der Waals surface area contributed by atoms with E-state index in [2.05, 4.69) is 27.9 Å². The Balaban J connectivity index is 3.10. The van der Waals surface area contributed by atoms with Crippen molar-refractivity contribution in [1.29, 1.82) is 0 Å². The molecule has 0 aliphatic rings. The number of ether oxygens (including phenoxy) is 1. The van der Waals surface area contributed by atoms with Crippen molar-refractivity contribution >= 4 is 34.2 Å². The second-order valence-corrected chi connectivity index (χ2v) is 5.47. The summed E-state index contributed by atoms with van der Waals surface area (Å²) in [5.41, 5.74) is -0.0343. The van der Waals surface area contributed by atoms with Crippen LogP contribution in [0.5, 0.6) is 5.75 Å². The molecule has 0 bridgehead atoms. The number of benzene rings is 1. The number of amides is 1. The molecule has 0 saturated carbocycles. The van der Waals surface area contributed by atoms with E-state index in [1.807, 2.05) is 13.8 Å². The van der Waals surface area contributed by atoms with Gasteiger partial charge in [-0.1, -0.05) is 42.5 Å². The molecular formula is C13H17IN2O4. The number of alkyl halides is 1. The fraction of sp³-hybridized carbons (Fsp3) is 0.462. The van der Waals surface area contributed by atoms with E-state index in [0.717, 1.165) is 4.43 Å². The molecular weight excluding hydrogens is 375 g/mol. The minimum Gasteiger partial charge on any atom is -0.490 e. The number of hydrogen-bond acceptors (Lipinski definition) is 4.